The van der Waals surface area contributed by atoms with Crippen LogP contribution >= 0.6 is 11.6 Å². The third-order valence-corrected chi connectivity index (χ3v) is 4.09. The van der Waals surface area contributed by atoms with Gasteiger partial charge in [-0.1, -0.05) is 17.7 Å². The van der Waals surface area contributed by atoms with Gasteiger partial charge < -0.3 is 20.1 Å². The van der Waals surface area contributed by atoms with Crippen molar-refractivity contribution in [2.24, 2.45) is 0 Å². The Morgan fingerprint density at radius 2 is 2.04 bits per heavy atom. The molecule has 0 spiro atoms. The van der Waals surface area contributed by atoms with E-state index in [1.165, 1.54) is 12.4 Å². The molecule has 0 aliphatic rings. The molecule has 0 radical (unpaired) electrons. The Morgan fingerprint density at radius 3 is 2.77 bits per heavy atom. The van der Waals surface area contributed by atoms with E-state index in [0.717, 1.165) is 17.4 Å². The first-order valence-electron chi connectivity index (χ1n) is 8.24. The fourth-order valence-electron chi connectivity index (χ4n) is 2.76. The molecule has 6 nitrogen and oxygen atoms in total. The van der Waals surface area contributed by atoms with Crippen molar-refractivity contribution in [2.75, 3.05) is 26.0 Å². The summed E-state index contributed by atoms with van der Waals surface area (Å²) in [4.78, 5) is 10.8. The van der Waals surface area contributed by atoms with E-state index in [-0.39, 0.29) is 16.9 Å². The lowest BCUT2D eigenvalue weighted by molar-refractivity contribution is 0.179. The van der Waals surface area contributed by atoms with Gasteiger partial charge in [0.2, 0.25) is 0 Å². The van der Waals surface area contributed by atoms with Gasteiger partial charge in [0.15, 0.2) is 0 Å². The van der Waals surface area contributed by atoms with Crippen molar-refractivity contribution >= 4 is 34.0 Å². The average molecular weight is 373 g/mol. The molecule has 3 rings (SSSR count). The first kappa shape index (κ1) is 18.2. The smallest absolute Gasteiger partial charge is 0.145 e. The van der Waals surface area contributed by atoms with Crippen LogP contribution in [0.15, 0.2) is 42.7 Å². The standard InChI is InChI=1S/C19H21ClN4O2/c1-12(10-24(2)3)26-17-6-4-5-15-18(17)19(22-11-21-15)23-13-7-8-16(25)14(20)9-13/h4-9,11-12,25H,10H2,1-3H3,(H,21,22,23)/t12-/m0/s1. The largest absolute Gasteiger partial charge is 0.506 e. The predicted octanol–water partition coefficient (Wildman–Crippen LogP) is 4.06. The van der Waals surface area contributed by atoms with Crippen LogP contribution in [0.1, 0.15) is 6.92 Å². The van der Waals surface area contributed by atoms with Crippen molar-refractivity contribution < 1.29 is 9.84 Å². The molecular weight excluding hydrogens is 352 g/mol. The summed E-state index contributed by atoms with van der Waals surface area (Å²) in [6.45, 7) is 2.82. The number of ether oxygens (including phenoxy) is 1. The van der Waals surface area contributed by atoms with Crippen LogP contribution in [-0.4, -0.2) is 46.7 Å². The van der Waals surface area contributed by atoms with E-state index in [1.54, 1.807) is 12.1 Å². The van der Waals surface area contributed by atoms with Gasteiger partial charge >= 0.3 is 0 Å². The minimum atomic E-state index is 0.00627. The normalized spacial score (nSPS) is 12.3. The summed E-state index contributed by atoms with van der Waals surface area (Å²) < 4.78 is 6.13. The molecule has 0 unspecified atom stereocenters. The third-order valence-electron chi connectivity index (χ3n) is 3.79. The fraction of sp³-hybridized carbons (Fsp3) is 0.263. The van der Waals surface area contributed by atoms with E-state index in [4.69, 9.17) is 16.3 Å². The SMILES string of the molecule is C[C@@H](CN(C)C)Oc1cccc2ncnc(Nc3ccc(O)c(Cl)c3)c12. The highest BCUT2D eigenvalue weighted by Crippen LogP contribution is 2.33. The van der Waals surface area contributed by atoms with Crippen molar-refractivity contribution in [3.05, 3.63) is 47.7 Å². The molecule has 1 heterocycles. The van der Waals surface area contributed by atoms with Crippen LogP contribution in [0.3, 0.4) is 0 Å². The average Bonchev–Trinajstić information content (AvgIpc) is 2.58. The summed E-state index contributed by atoms with van der Waals surface area (Å²) in [6.07, 6.45) is 1.51. The zero-order chi connectivity index (χ0) is 18.7. The fourth-order valence-corrected chi connectivity index (χ4v) is 2.94. The Hall–Kier alpha value is -2.57. The Morgan fingerprint density at radius 1 is 1.23 bits per heavy atom. The van der Waals surface area contributed by atoms with Crippen molar-refractivity contribution in [1.29, 1.82) is 0 Å². The van der Waals surface area contributed by atoms with Crippen LogP contribution in [0, 0.1) is 0 Å². The molecule has 0 bridgehead atoms. The second-order valence-corrected chi connectivity index (χ2v) is 6.76. The molecule has 7 heteroatoms. The molecule has 3 aromatic rings. The lowest BCUT2D eigenvalue weighted by atomic mass is 10.2. The number of benzene rings is 2. The van der Waals surface area contributed by atoms with Crippen LogP contribution in [0.5, 0.6) is 11.5 Å². The summed E-state index contributed by atoms with van der Waals surface area (Å²) in [7, 11) is 4.02. The number of fused-ring (bicyclic) bond motifs is 1. The number of halogens is 1. The number of aromatic hydroxyl groups is 1. The lowest BCUT2D eigenvalue weighted by Gasteiger charge is -2.20. The van der Waals surface area contributed by atoms with E-state index in [9.17, 15) is 5.11 Å². The summed E-state index contributed by atoms with van der Waals surface area (Å²) in [6, 6.07) is 10.6. The van der Waals surface area contributed by atoms with Crippen LogP contribution in [-0.2, 0) is 0 Å². The van der Waals surface area contributed by atoms with E-state index >= 15 is 0 Å². The highest BCUT2D eigenvalue weighted by molar-refractivity contribution is 6.32. The van der Waals surface area contributed by atoms with E-state index in [2.05, 4.69) is 20.2 Å². The van der Waals surface area contributed by atoms with Gasteiger partial charge in [0, 0.05) is 12.2 Å². The van der Waals surface area contributed by atoms with Crippen molar-refractivity contribution in [3.63, 3.8) is 0 Å². The first-order chi connectivity index (χ1) is 12.4. The Kier molecular flexibility index (Phi) is 5.44. The number of nitrogens with zero attached hydrogens (tertiary/aromatic N) is 3. The summed E-state index contributed by atoms with van der Waals surface area (Å²) in [5.41, 5.74) is 1.49. The minimum Gasteiger partial charge on any atom is -0.506 e. The second kappa shape index (κ2) is 7.76. The van der Waals surface area contributed by atoms with Crippen molar-refractivity contribution in [1.82, 2.24) is 14.9 Å². The number of likely N-dealkylation sites (N-methyl/N-ethyl adjacent to an activating group) is 1. The topological polar surface area (TPSA) is 70.5 Å². The number of hydrogen-bond donors (Lipinski definition) is 2. The van der Waals surface area contributed by atoms with E-state index in [0.29, 0.717) is 17.3 Å². The maximum Gasteiger partial charge on any atom is 0.145 e. The van der Waals surface area contributed by atoms with Crippen molar-refractivity contribution in [3.8, 4) is 11.5 Å². The number of hydrogen-bond acceptors (Lipinski definition) is 6. The highest BCUT2D eigenvalue weighted by Gasteiger charge is 2.14. The number of phenolic OH excluding ortho intramolecular Hbond substituents is 1. The van der Waals surface area contributed by atoms with Crippen molar-refractivity contribution in [2.45, 2.75) is 13.0 Å². The van der Waals surface area contributed by atoms with Gasteiger partial charge in [-0.25, -0.2) is 9.97 Å². The monoisotopic (exact) mass is 372 g/mol. The molecule has 0 aliphatic heterocycles. The molecule has 2 N–H and O–H groups in total. The van der Waals surface area contributed by atoms with E-state index in [1.807, 2.05) is 39.2 Å². The van der Waals surface area contributed by atoms with Crippen LogP contribution < -0.4 is 10.1 Å². The molecule has 0 fully saturated rings. The number of phenols is 1. The van der Waals surface area contributed by atoms with Gasteiger partial charge in [-0.2, -0.15) is 0 Å². The molecule has 0 aliphatic carbocycles. The number of nitrogens with one attached hydrogen (secondary N) is 1. The Labute approximate surface area is 157 Å². The van der Waals surface area contributed by atoms with Crippen LogP contribution in [0.4, 0.5) is 11.5 Å². The van der Waals surface area contributed by atoms with Crippen LogP contribution in [0.2, 0.25) is 5.02 Å². The quantitative estimate of drug-likeness (QED) is 0.636. The minimum absolute atomic E-state index is 0.00627. The molecule has 136 valence electrons. The molecule has 1 atom stereocenters. The number of rotatable bonds is 6. The first-order valence-corrected chi connectivity index (χ1v) is 8.62. The molecule has 0 amide bonds. The van der Waals surface area contributed by atoms with Gasteiger partial charge in [-0.15, -0.1) is 0 Å². The summed E-state index contributed by atoms with van der Waals surface area (Å²) >= 11 is 5.99. The molecule has 1 aromatic heterocycles. The summed E-state index contributed by atoms with van der Waals surface area (Å²) in [5, 5.41) is 13.9. The zero-order valence-electron chi connectivity index (χ0n) is 14.9. The maximum absolute atomic E-state index is 9.59. The second-order valence-electron chi connectivity index (χ2n) is 6.35. The third kappa shape index (κ3) is 4.15. The van der Waals surface area contributed by atoms with Gasteiger partial charge in [0.1, 0.15) is 29.7 Å². The molecule has 26 heavy (non-hydrogen) atoms. The predicted molar refractivity (Wildman–Crippen MR) is 105 cm³/mol. The van der Waals surface area contributed by atoms with Gasteiger partial charge in [0.05, 0.1) is 15.9 Å². The zero-order valence-corrected chi connectivity index (χ0v) is 15.7. The lowest BCUT2D eigenvalue weighted by Crippen LogP contribution is -2.28. The van der Waals surface area contributed by atoms with Gasteiger partial charge in [-0.05, 0) is 51.4 Å². The highest BCUT2D eigenvalue weighted by atomic mass is 35.5. The Balaban J connectivity index is 1.98. The summed E-state index contributed by atoms with van der Waals surface area (Å²) in [5.74, 6) is 1.36. The molecule has 0 saturated heterocycles. The maximum atomic E-state index is 9.59. The molecular formula is C19H21ClN4O2. The molecule has 2 aromatic carbocycles. The Bertz CT molecular complexity index is 912. The molecule has 0 saturated carbocycles. The van der Waals surface area contributed by atoms with E-state index < -0.39 is 0 Å². The van der Waals surface area contributed by atoms with Crippen LogP contribution in [0.25, 0.3) is 10.9 Å². The number of anilines is 2. The number of aromatic nitrogens is 2. The van der Waals surface area contributed by atoms with Gasteiger partial charge in [0.25, 0.3) is 0 Å². The van der Waals surface area contributed by atoms with Gasteiger partial charge in [-0.3, -0.25) is 0 Å².